The molecule has 144 valence electrons. The van der Waals surface area contributed by atoms with Gasteiger partial charge in [0.15, 0.2) is 6.04 Å². The molecule has 0 bridgehead atoms. The number of esters is 1. The van der Waals surface area contributed by atoms with E-state index in [1.54, 1.807) is 32.3 Å². The third-order valence-corrected chi connectivity index (χ3v) is 5.32. The van der Waals surface area contributed by atoms with Gasteiger partial charge in [-0.15, -0.1) is 0 Å². The lowest BCUT2D eigenvalue weighted by molar-refractivity contribution is -0.914. The topological polar surface area (TPSA) is 92.6 Å². The van der Waals surface area contributed by atoms with Crippen LogP contribution in [0.15, 0.2) is 18.5 Å². The van der Waals surface area contributed by atoms with Crippen molar-refractivity contribution in [2.75, 3.05) is 38.2 Å². The van der Waals surface area contributed by atoms with Crippen molar-refractivity contribution in [2.45, 2.75) is 26.8 Å². The van der Waals surface area contributed by atoms with Gasteiger partial charge >= 0.3 is 5.97 Å². The van der Waals surface area contributed by atoms with Gasteiger partial charge in [-0.3, -0.25) is 4.79 Å². The molecule has 1 atom stereocenters. The number of quaternary nitrogens is 1. The number of H-pyrrole nitrogens is 1. The summed E-state index contributed by atoms with van der Waals surface area (Å²) in [4.78, 5) is 40.0. The van der Waals surface area contributed by atoms with Gasteiger partial charge < -0.3 is 19.5 Å². The largest absolute Gasteiger partial charge is 0.465 e. The molecule has 0 aromatic carbocycles. The number of hydrogen-bond donors (Lipinski definition) is 2. The Labute approximate surface area is 158 Å². The van der Waals surface area contributed by atoms with E-state index in [4.69, 9.17) is 4.74 Å². The number of aromatic nitrogens is 3. The second kappa shape index (κ2) is 7.87. The SMILES string of the molecule is COC(=O)c1c(C)[nH]c(C(=O)[C@@H](C)[NH+]2CCN(c3ncccn3)CC2)c1C. The summed E-state index contributed by atoms with van der Waals surface area (Å²) in [5.41, 5.74) is 2.28. The van der Waals surface area contributed by atoms with Crippen LogP contribution in [-0.4, -0.2) is 66.0 Å². The molecule has 0 unspecified atom stereocenters. The maximum atomic E-state index is 13.1. The van der Waals surface area contributed by atoms with Crippen molar-refractivity contribution < 1.29 is 19.2 Å². The molecule has 0 radical (unpaired) electrons. The maximum Gasteiger partial charge on any atom is 0.339 e. The van der Waals surface area contributed by atoms with Crippen molar-refractivity contribution in [3.8, 4) is 0 Å². The van der Waals surface area contributed by atoms with E-state index in [0.29, 0.717) is 22.5 Å². The molecule has 0 spiro atoms. The van der Waals surface area contributed by atoms with E-state index in [1.165, 1.54) is 12.0 Å². The van der Waals surface area contributed by atoms with Gasteiger partial charge in [0.2, 0.25) is 11.7 Å². The fraction of sp³-hybridized carbons (Fsp3) is 0.474. The number of hydrogen-bond acceptors (Lipinski definition) is 6. The molecule has 1 aliphatic heterocycles. The first kappa shape index (κ1) is 19.0. The minimum Gasteiger partial charge on any atom is -0.465 e. The van der Waals surface area contributed by atoms with Crippen LogP contribution in [0.1, 0.15) is 39.0 Å². The minimum absolute atomic E-state index is 0.0187. The van der Waals surface area contributed by atoms with E-state index in [2.05, 4.69) is 19.9 Å². The minimum atomic E-state index is -0.420. The molecule has 3 rings (SSSR count). The molecule has 0 saturated carbocycles. The lowest BCUT2D eigenvalue weighted by atomic mass is 10.0. The molecule has 2 N–H and O–H groups in total. The second-order valence-electron chi connectivity index (χ2n) is 6.90. The first-order valence-electron chi connectivity index (χ1n) is 9.12. The number of rotatable bonds is 5. The third kappa shape index (κ3) is 3.71. The zero-order valence-corrected chi connectivity index (χ0v) is 16.2. The molecule has 1 saturated heterocycles. The predicted octanol–water partition coefficient (Wildman–Crippen LogP) is 0.184. The Balaban J connectivity index is 1.69. The molecular weight excluding hydrogens is 346 g/mol. The number of anilines is 1. The predicted molar refractivity (Wildman–Crippen MR) is 100 cm³/mol. The number of carbonyl (C=O) groups is 2. The Bertz CT molecular complexity index is 825. The van der Waals surface area contributed by atoms with Gasteiger partial charge in [0.05, 0.1) is 44.5 Å². The number of aryl methyl sites for hydroxylation is 1. The van der Waals surface area contributed by atoms with Crippen LogP contribution in [0.3, 0.4) is 0 Å². The number of ether oxygens (including phenoxy) is 1. The van der Waals surface area contributed by atoms with E-state index >= 15 is 0 Å². The van der Waals surface area contributed by atoms with E-state index < -0.39 is 5.97 Å². The smallest absolute Gasteiger partial charge is 0.339 e. The Morgan fingerprint density at radius 1 is 1.22 bits per heavy atom. The first-order chi connectivity index (χ1) is 12.9. The standard InChI is InChI=1S/C19H25N5O3/c1-12-15(18(26)27-4)13(2)22-16(12)17(25)14(3)23-8-10-24(11-9-23)19-20-6-5-7-21-19/h5-7,14,22H,8-11H2,1-4H3/p+1/t14-/m1/s1. The van der Waals surface area contributed by atoms with Crippen LogP contribution in [0.2, 0.25) is 0 Å². The van der Waals surface area contributed by atoms with Gasteiger partial charge in [0.25, 0.3) is 0 Å². The summed E-state index contributed by atoms with van der Waals surface area (Å²) in [7, 11) is 1.35. The van der Waals surface area contributed by atoms with E-state index in [9.17, 15) is 9.59 Å². The maximum absolute atomic E-state index is 13.1. The number of methoxy groups -OCH3 is 1. The van der Waals surface area contributed by atoms with Gasteiger partial charge in [-0.1, -0.05) is 0 Å². The van der Waals surface area contributed by atoms with Crippen LogP contribution in [0.4, 0.5) is 5.95 Å². The molecule has 1 fully saturated rings. The fourth-order valence-corrected chi connectivity index (χ4v) is 3.69. The van der Waals surface area contributed by atoms with Crippen molar-refractivity contribution in [2.24, 2.45) is 0 Å². The molecule has 0 aliphatic carbocycles. The van der Waals surface area contributed by atoms with Crippen molar-refractivity contribution in [1.29, 1.82) is 0 Å². The van der Waals surface area contributed by atoms with Crippen LogP contribution in [0, 0.1) is 13.8 Å². The Morgan fingerprint density at radius 3 is 2.44 bits per heavy atom. The van der Waals surface area contributed by atoms with E-state index in [0.717, 1.165) is 32.1 Å². The van der Waals surface area contributed by atoms with Crippen molar-refractivity contribution >= 4 is 17.7 Å². The second-order valence-corrected chi connectivity index (χ2v) is 6.90. The van der Waals surface area contributed by atoms with Crippen molar-refractivity contribution in [3.05, 3.63) is 41.0 Å². The van der Waals surface area contributed by atoms with Crippen LogP contribution < -0.4 is 9.80 Å². The highest BCUT2D eigenvalue weighted by atomic mass is 16.5. The van der Waals surface area contributed by atoms with E-state index in [1.807, 2.05) is 6.92 Å². The third-order valence-electron chi connectivity index (χ3n) is 5.32. The summed E-state index contributed by atoms with van der Waals surface area (Å²) in [5.74, 6) is 0.330. The van der Waals surface area contributed by atoms with Crippen LogP contribution in [0.25, 0.3) is 0 Å². The number of nitrogens with zero attached hydrogens (tertiary/aromatic N) is 3. The summed E-state index contributed by atoms with van der Waals surface area (Å²) >= 11 is 0. The Hall–Kier alpha value is -2.74. The summed E-state index contributed by atoms with van der Waals surface area (Å²) < 4.78 is 4.83. The highest BCUT2D eigenvalue weighted by Crippen LogP contribution is 2.20. The van der Waals surface area contributed by atoms with Crippen LogP contribution in [0.5, 0.6) is 0 Å². The summed E-state index contributed by atoms with van der Waals surface area (Å²) in [6.45, 7) is 8.77. The molecule has 0 amide bonds. The van der Waals surface area contributed by atoms with Gasteiger partial charge in [-0.05, 0) is 32.4 Å². The lowest BCUT2D eigenvalue weighted by Gasteiger charge is -2.34. The lowest BCUT2D eigenvalue weighted by Crippen LogP contribution is -3.18. The fourth-order valence-electron chi connectivity index (χ4n) is 3.69. The van der Waals surface area contributed by atoms with Crippen LogP contribution >= 0.6 is 0 Å². The Morgan fingerprint density at radius 2 is 1.85 bits per heavy atom. The van der Waals surface area contributed by atoms with Crippen molar-refractivity contribution in [1.82, 2.24) is 15.0 Å². The zero-order chi connectivity index (χ0) is 19.6. The monoisotopic (exact) mass is 372 g/mol. The summed E-state index contributed by atoms with van der Waals surface area (Å²) in [6.07, 6.45) is 3.48. The Kier molecular flexibility index (Phi) is 5.55. The number of piperazine rings is 1. The molecule has 2 aromatic rings. The average Bonchev–Trinajstić information content (AvgIpc) is 3.01. The number of Topliss-reactive ketones (excluding diaryl/α,β-unsaturated/α-hetero) is 1. The highest BCUT2D eigenvalue weighted by molar-refractivity contribution is 6.03. The summed E-state index contributed by atoms with van der Waals surface area (Å²) in [6, 6.07) is 1.60. The van der Waals surface area contributed by atoms with Crippen LogP contribution in [-0.2, 0) is 4.74 Å². The molecule has 3 heterocycles. The van der Waals surface area contributed by atoms with Gasteiger partial charge in [0.1, 0.15) is 0 Å². The normalized spacial score (nSPS) is 16.2. The van der Waals surface area contributed by atoms with Gasteiger partial charge in [-0.25, -0.2) is 14.8 Å². The molecule has 2 aromatic heterocycles. The summed E-state index contributed by atoms with van der Waals surface area (Å²) in [5, 5.41) is 0. The number of carbonyl (C=O) groups excluding carboxylic acids is 2. The molecule has 8 nitrogen and oxygen atoms in total. The van der Waals surface area contributed by atoms with Gasteiger partial charge in [0, 0.05) is 18.1 Å². The molecule has 1 aliphatic rings. The zero-order valence-electron chi connectivity index (χ0n) is 16.2. The molecule has 8 heteroatoms. The number of aromatic amines is 1. The quantitative estimate of drug-likeness (QED) is 0.575. The number of ketones is 1. The molecule has 27 heavy (non-hydrogen) atoms. The van der Waals surface area contributed by atoms with Crippen molar-refractivity contribution in [3.63, 3.8) is 0 Å². The highest BCUT2D eigenvalue weighted by Gasteiger charge is 2.33. The average molecular weight is 372 g/mol. The molecular formula is C19H26N5O3+. The van der Waals surface area contributed by atoms with Gasteiger partial charge in [-0.2, -0.15) is 0 Å². The first-order valence-corrected chi connectivity index (χ1v) is 9.12. The van der Waals surface area contributed by atoms with E-state index in [-0.39, 0.29) is 11.8 Å². The number of nitrogens with one attached hydrogen (secondary N) is 2.